The summed E-state index contributed by atoms with van der Waals surface area (Å²) in [4.78, 5) is 0. The maximum absolute atomic E-state index is 12.4. The summed E-state index contributed by atoms with van der Waals surface area (Å²) in [6, 6.07) is 69.5. The molecule has 7 aromatic rings. The van der Waals surface area contributed by atoms with E-state index in [0.717, 1.165) is 38.9 Å². The second-order valence-electron chi connectivity index (χ2n) is 18.0. The molecular formula is C61H64O11. The minimum absolute atomic E-state index is 0.0312. The van der Waals surface area contributed by atoms with Gasteiger partial charge in [0.05, 0.1) is 59.5 Å². The van der Waals surface area contributed by atoms with Crippen LogP contribution < -0.4 is 0 Å². The quantitative estimate of drug-likeness (QED) is 0.0591. The summed E-state index contributed by atoms with van der Waals surface area (Å²) in [6.07, 6.45) is -9.47. The van der Waals surface area contributed by atoms with E-state index in [1.165, 1.54) is 0 Å². The molecule has 0 bridgehead atoms. The SMILES string of the molecule is O[C@@H]1[C@H](OCc2ccccc2)[C@@H](OCc2ccccc2)[C@H](O[C@H]2[C@H](OCc3ccccc3)[C@@H](OCc3ccccc3)[C@H](OCc3ccccc3)O[C@@H]2COCc2ccccc2)O[C@@H]1COCc1ccccc1. The Bertz CT molecular complexity index is 2550. The average molecular weight is 973 g/mol. The van der Waals surface area contributed by atoms with Crippen LogP contribution in [0, 0.1) is 0 Å². The van der Waals surface area contributed by atoms with Crippen LogP contribution in [0.15, 0.2) is 212 Å². The first-order chi connectivity index (χ1) is 35.6. The zero-order valence-corrected chi connectivity index (χ0v) is 40.4. The van der Waals surface area contributed by atoms with Gasteiger partial charge in [0.1, 0.15) is 48.8 Å². The Balaban J connectivity index is 1.09. The van der Waals surface area contributed by atoms with E-state index in [2.05, 4.69) is 0 Å². The lowest BCUT2D eigenvalue weighted by Gasteiger charge is -2.49. The minimum Gasteiger partial charge on any atom is -0.387 e. The minimum atomic E-state index is -1.18. The molecule has 2 saturated heterocycles. The van der Waals surface area contributed by atoms with Gasteiger partial charge in [-0.15, -0.1) is 0 Å². The van der Waals surface area contributed by atoms with E-state index in [4.69, 9.17) is 47.4 Å². The third-order valence-corrected chi connectivity index (χ3v) is 12.7. The van der Waals surface area contributed by atoms with E-state index in [1.54, 1.807) is 0 Å². The third-order valence-electron chi connectivity index (χ3n) is 12.7. The first-order valence-corrected chi connectivity index (χ1v) is 24.8. The molecule has 0 saturated carbocycles. The van der Waals surface area contributed by atoms with Crippen molar-refractivity contribution in [2.75, 3.05) is 13.2 Å². The van der Waals surface area contributed by atoms with E-state index < -0.39 is 61.4 Å². The van der Waals surface area contributed by atoms with Crippen LogP contribution in [0.5, 0.6) is 0 Å². The van der Waals surface area contributed by atoms with Gasteiger partial charge in [-0.1, -0.05) is 212 Å². The standard InChI is InChI=1S/C61H64O11/c62-54-52(43-63-36-45-22-8-1-9-23-45)70-61(58(67-40-49-30-16-5-17-31-49)56(54)65-38-47-26-12-3-13-27-47)72-55-53(44-64-37-46-24-10-2-11-25-46)71-60(69-42-51-34-20-7-21-35-51)59(68-41-50-32-18-6-19-33-50)57(55)66-39-48-28-14-4-15-29-48/h1-35,52-62H,36-44H2/t52-,53-,54+,55-,56+,57+,58-,59-,60-,61+/m1/s1. The van der Waals surface area contributed by atoms with Crippen molar-refractivity contribution < 1.29 is 52.5 Å². The van der Waals surface area contributed by atoms with Gasteiger partial charge in [-0.25, -0.2) is 0 Å². The predicted octanol–water partition coefficient (Wildman–Crippen LogP) is 10.2. The molecule has 11 heteroatoms. The normalized spacial score (nSPS) is 24.2. The molecule has 2 aliphatic rings. The topological polar surface area (TPSA) is 113 Å². The fraction of sp³-hybridized carbons (Fsp3) is 0.311. The van der Waals surface area contributed by atoms with Crippen LogP contribution in [0.3, 0.4) is 0 Å². The number of rotatable bonds is 25. The fourth-order valence-electron chi connectivity index (χ4n) is 8.89. The molecule has 0 aromatic heterocycles. The monoisotopic (exact) mass is 972 g/mol. The van der Waals surface area contributed by atoms with Crippen molar-refractivity contribution >= 4 is 0 Å². The molecule has 0 unspecified atom stereocenters. The first-order valence-electron chi connectivity index (χ1n) is 24.8. The smallest absolute Gasteiger partial charge is 0.187 e. The molecule has 0 aliphatic carbocycles. The first kappa shape index (κ1) is 51.0. The zero-order valence-electron chi connectivity index (χ0n) is 40.4. The van der Waals surface area contributed by atoms with Crippen LogP contribution in [-0.2, 0) is 93.6 Å². The number of aliphatic hydroxyl groups is 1. The summed E-state index contributed by atoms with van der Waals surface area (Å²) in [7, 11) is 0. The van der Waals surface area contributed by atoms with Gasteiger partial charge >= 0.3 is 0 Å². The lowest BCUT2D eigenvalue weighted by molar-refractivity contribution is -0.376. The Kier molecular flexibility index (Phi) is 19.3. The van der Waals surface area contributed by atoms with E-state index in [-0.39, 0.29) is 46.2 Å². The third kappa shape index (κ3) is 14.8. The van der Waals surface area contributed by atoms with Crippen molar-refractivity contribution in [2.45, 2.75) is 108 Å². The van der Waals surface area contributed by atoms with E-state index >= 15 is 0 Å². The number of ether oxygens (including phenoxy) is 10. The fourth-order valence-corrected chi connectivity index (χ4v) is 8.89. The summed E-state index contributed by atoms with van der Waals surface area (Å²) in [5, 5.41) is 12.4. The summed E-state index contributed by atoms with van der Waals surface area (Å²) in [6.45, 7) is 1.81. The highest BCUT2D eigenvalue weighted by Gasteiger charge is 2.54. The number of aliphatic hydroxyl groups excluding tert-OH is 1. The maximum Gasteiger partial charge on any atom is 0.187 e. The van der Waals surface area contributed by atoms with Crippen LogP contribution in [-0.4, -0.2) is 79.7 Å². The summed E-state index contributed by atoms with van der Waals surface area (Å²) < 4.78 is 68.6. The lowest BCUT2D eigenvalue weighted by Crippen LogP contribution is -2.66. The van der Waals surface area contributed by atoms with Gasteiger partial charge in [0, 0.05) is 0 Å². The van der Waals surface area contributed by atoms with Crippen molar-refractivity contribution in [1.29, 1.82) is 0 Å². The second-order valence-corrected chi connectivity index (χ2v) is 18.0. The van der Waals surface area contributed by atoms with Crippen molar-refractivity contribution in [1.82, 2.24) is 0 Å². The molecule has 2 heterocycles. The largest absolute Gasteiger partial charge is 0.387 e. The molecule has 10 atom stereocenters. The highest BCUT2D eigenvalue weighted by atomic mass is 16.8. The summed E-state index contributed by atoms with van der Waals surface area (Å²) >= 11 is 0. The molecule has 0 radical (unpaired) electrons. The Morgan fingerprint density at radius 2 is 0.583 bits per heavy atom. The van der Waals surface area contributed by atoms with Crippen molar-refractivity contribution in [3.63, 3.8) is 0 Å². The molecule has 9 rings (SSSR count). The molecule has 374 valence electrons. The lowest BCUT2D eigenvalue weighted by atomic mass is 9.96. The molecule has 0 amide bonds. The van der Waals surface area contributed by atoms with Crippen LogP contribution in [0.1, 0.15) is 38.9 Å². The van der Waals surface area contributed by atoms with E-state index in [0.29, 0.717) is 13.2 Å². The maximum atomic E-state index is 12.4. The Morgan fingerprint density at radius 1 is 0.292 bits per heavy atom. The van der Waals surface area contributed by atoms with Gasteiger partial charge in [-0.05, 0) is 38.9 Å². The van der Waals surface area contributed by atoms with Crippen LogP contribution in [0.4, 0.5) is 0 Å². The number of benzene rings is 7. The van der Waals surface area contributed by atoms with E-state index in [9.17, 15) is 5.11 Å². The molecule has 0 spiro atoms. The highest BCUT2D eigenvalue weighted by molar-refractivity contribution is 5.19. The molecule has 72 heavy (non-hydrogen) atoms. The molecule has 11 nitrogen and oxygen atoms in total. The van der Waals surface area contributed by atoms with Crippen molar-refractivity contribution in [3.05, 3.63) is 251 Å². The van der Waals surface area contributed by atoms with Gasteiger partial charge in [-0.3, -0.25) is 0 Å². The Hall–Kier alpha value is -5.90. The molecule has 7 aromatic carbocycles. The molecule has 2 fully saturated rings. The summed E-state index contributed by atoms with van der Waals surface area (Å²) in [5.41, 5.74) is 6.72. The molecule has 1 N–H and O–H groups in total. The number of hydrogen-bond donors (Lipinski definition) is 1. The summed E-state index contributed by atoms with van der Waals surface area (Å²) in [5.74, 6) is 0. The van der Waals surface area contributed by atoms with Crippen LogP contribution in [0.25, 0.3) is 0 Å². The molecule has 2 aliphatic heterocycles. The predicted molar refractivity (Wildman–Crippen MR) is 272 cm³/mol. The van der Waals surface area contributed by atoms with Gasteiger partial charge in [0.25, 0.3) is 0 Å². The Labute approximate surface area is 423 Å². The van der Waals surface area contributed by atoms with Gasteiger partial charge in [0.15, 0.2) is 12.6 Å². The van der Waals surface area contributed by atoms with Gasteiger partial charge in [-0.2, -0.15) is 0 Å². The van der Waals surface area contributed by atoms with E-state index in [1.807, 2.05) is 212 Å². The Morgan fingerprint density at radius 3 is 0.972 bits per heavy atom. The number of hydrogen-bond acceptors (Lipinski definition) is 11. The zero-order chi connectivity index (χ0) is 49.0. The van der Waals surface area contributed by atoms with Gasteiger partial charge in [0.2, 0.25) is 0 Å². The second kappa shape index (κ2) is 27.2. The highest BCUT2D eigenvalue weighted by Crippen LogP contribution is 2.36. The van der Waals surface area contributed by atoms with Gasteiger partial charge < -0.3 is 52.5 Å². The average Bonchev–Trinajstić information content (AvgIpc) is 3.44. The van der Waals surface area contributed by atoms with Crippen molar-refractivity contribution in [2.24, 2.45) is 0 Å². The van der Waals surface area contributed by atoms with Crippen LogP contribution >= 0.6 is 0 Å². The molecular weight excluding hydrogens is 909 g/mol. The van der Waals surface area contributed by atoms with Crippen molar-refractivity contribution in [3.8, 4) is 0 Å². The van der Waals surface area contributed by atoms with Crippen LogP contribution in [0.2, 0.25) is 0 Å².